The highest BCUT2D eigenvalue weighted by atomic mass is 19.3. The van der Waals surface area contributed by atoms with Crippen LogP contribution in [0.2, 0.25) is 0 Å². The first-order valence-electron chi connectivity index (χ1n) is 10.9. The van der Waals surface area contributed by atoms with Crippen LogP contribution in [0.5, 0.6) is 5.88 Å². The normalized spacial score (nSPS) is 11.7. The molecule has 5 aromatic heterocycles. The van der Waals surface area contributed by atoms with Crippen LogP contribution in [0, 0.1) is 11.6 Å². The van der Waals surface area contributed by atoms with E-state index in [1.165, 1.54) is 31.8 Å². The van der Waals surface area contributed by atoms with Gasteiger partial charge in [0.2, 0.25) is 5.88 Å². The summed E-state index contributed by atoms with van der Waals surface area (Å²) in [4.78, 5) is 17.4. The molecule has 0 spiro atoms. The first-order valence-corrected chi connectivity index (χ1v) is 10.9. The zero-order chi connectivity index (χ0) is 25.7. The molecule has 0 aliphatic heterocycles. The Morgan fingerprint density at radius 2 is 1.81 bits per heavy atom. The van der Waals surface area contributed by atoms with E-state index in [4.69, 9.17) is 4.74 Å². The van der Waals surface area contributed by atoms with Gasteiger partial charge in [0.1, 0.15) is 29.3 Å². The Bertz CT molecular complexity index is 1750. The average Bonchev–Trinajstić information content (AvgIpc) is 3.60. The second-order valence-electron chi connectivity index (χ2n) is 8.12. The number of rotatable bonds is 6. The van der Waals surface area contributed by atoms with Crippen LogP contribution in [-0.2, 0) is 6.54 Å². The summed E-state index contributed by atoms with van der Waals surface area (Å²) in [7, 11) is 1.50. The van der Waals surface area contributed by atoms with Crippen molar-refractivity contribution in [1.82, 2.24) is 38.9 Å². The number of ether oxygens (including phenoxy) is 1. The van der Waals surface area contributed by atoms with E-state index in [1.54, 1.807) is 33.7 Å². The topological polar surface area (TPSA) is 88.5 Å². The molecule has 1 aromatic carbocycles. The zero-order valence-electron chi connectivity index (χ0n) is 19.1. The van der Waals surface area contributed by atoms with Gasteiger partial charge in [0.05, 0.1) is 41.8 Å². The van der Waals surface area contributed by atoms with Gasteiger partial charge in [0.25, 0.3) is 0 Å². The lowest BCUT2D eigenvalue weighted by Crippen LogP contribution is -2.04. The van der Waals surface area contributed by atoms with E-state index in [-0.39, 0.29) is 12.4 Å². The van der Waals surface area contributed by atoms with Gasteiger partial charge in [-0.25, -0.2) is 28.4 Å². The molecule has 0 fully saturated rings. The van der Waals surface area contributed by atoms with E-state index in [0.717, 1.165) is 12.3 Å². The lowest BCUT2D eigenvalue weighted by molar-refractivity contribution is 0.0566. The van der Waals surface area contributed by atoms with E-state index >= 15 is 0 Å². The van der Waals surface area contributed by atoms with Crippen LogP contribution < -0.4 is 4.74 Å². The Hall–Kier alpha value is -4.81. The van der Waals surface area contributed by atoms with Crippen molar-refractivity contribution in [3.8, 4) is 23.0 Å². The number of aromatic nitrogens is 8. The van der Waals surface area contributed by atoms with E-state index in [0.29, 0.717) is 49.6 Å². The van der Waals surface area contributed by atoms with Crippen LogP contribution in [0.4, 0.5) is 17.6 Å². The fourth-order valence-corrected chi connectivity index (χ4v) is 4.26. The molecule has 9 nitrogen and oxygen atoms in total. The molecule has 0 bridgehead atoms. The second-order valence-corrected chi connectivity index (χ2v) is 8.12. The molecule has 0 saturated carbocycles. The molecule has 0 aliphatic carbocycles. The van der Waals surface area contributed by atoms with Crippen LogP contribution in [-0.4, -0.2) is 46.0 Å². The molecule has 0 aliphatic rings. The molecule has 0 atom stereocenters. The molecule has 0 unspecified atom stereocenters. The Kier molecular flexibility index (Phi) is 5.32. The Morgan fingerprint density at radius 1 is 1.00 bits per heavy atom. The van der Waals surface area contributed by atoms with E-state index in [9.17, 15) is 17.6 Å². The first-order chi connectivity index (χ1) is 17.9. The van der Waals surface area contributed by atoms with Crippen molar-refractivity contribution in [2.24, 2.45) is 0 Å². The van der Waals surface area contributed by atoms with Gasteiger partial charge in [-0.1, -0.05) is 0 Å². The Labute approximate surface area is 205 Å². The fourth-order valence-electron chi connectivity index (χ4n) is 4.26. The average molecular weight is 508 g/mol. The van der Waals surface area contributed by atoms with Gasteiger partial charge >= 0.3 is 6.55 Å². The van der Waals surface area contributed by atoms with Crippen molar-refractivity contribution < 1.29 is 22.3 Å². The maximum absolute atomic E-state index is 14.0. The highest BCUT2D eigenvalue weighted by molar-refractivity contribution is 5.84. The Morgan fingerprint density at radius 3 is 2.54 bits per heavy atom. The third kappa shape index (κ3) is 3.93. The number of nitrogens with zero attached hydrogens (tertiary/aromatic N) is 8. The molecule has 37 heavy (non-hydrogen) atoms. The summed E-state index contributed by atoms with van der Waals surface area (Å²) >= 11 is 0. The number of pyridine rings is 1. The number of imidazole rings is 1. The summed E-state index contributed by atoms with van der Waals surface area (Å²) in [6.07, 6.45) is 7.16. The van der Waals surface area contributed by atoms with E-state index < -0.39 is 18.2 Å². The van der Waals surface area contributed by atoms with Gasteiger partial charge in [0, 0.05) is 25.0 Å². The zero-order valence-corrected chi connectivity index (χ0v) is 19.1. The van der Waals surface area contributed by atoms with Crippen molar-refractivity contribution in [3.05, 3.63) is 78.6 Å². The maximum atomic E-state index is 14.0. The lowest BCUT2D eigenvalue weighted by atomic mass is 10.2. The molecule has 0 N–H and O–H groups in total. The number of methoxy groups -OCH3 is 1. The quantitative estimate of drug-likeness (QED) is 0.302. The molecule has 0 amide bonds. The summed E-state index contributed by atoms with van der Waals surface area (Å²) in [6, 6.07) is 6.73. The van der Waals surface area contributed by atoms with Crippen molar-refractivity contribution in [1.29, 1.82) is 0 Å². The highest BCUT2D eigenvalue weighted by Crippen LogP contribution is 2.30. The number of benzene rings is 1. The van der Waals surface area contributed by atoms with Gasteiger partial charge in [-0.3, -0.25) is 0 Å². The van der Waals surface area contributed by atoms with Gasteiger partial charge in [0.15, 0.2) is 5.65 Å². The molecule has 6 aromatic rings. The smallest absolute Gasteiger partial charge is 0.333 e. The highest BCUT2D eigenvalue weighted by Gasteiger charge is 2.20. The molecular weight excluding hydrogens is 492 g/mol. The van der Waals surface area contributed by atoms with Crippen molar-refractivity contribution >= 4 is 22.2 Å². The number of alkyl halides is 2. The molecule has 6 rings (SSSR count). The first kappa shape index (κ1) is 22.6. The summed E-state index contributed by atoms with van der Waals surface area (Å²) in [6.45, 7) is -2.85. The maximum Gasteiger partial charge on any atom is 0.333 e. The number of fused-ring (bicyclic) bond motifs is 2. The third-order valence-corrected chi connectivity index (χ3v) is 5.82. The predicted octanol–water partition coefficient (Wildman–Crippen LogP) is 4.76. The molecule has 186 valence electrons. The van der Waals surface area contributed by atoms with Crippen molar-refractivity contribution in [3.63, 3.8) is 0 Å². The van der Waals surface area contributed by atoms with Gasteiger partial charge in [-0.05, 0) is 29.8 Å². The van der Waals surface area contributed by atoms with Gasteiger partial charge in [-0.2, -0.15) is 18.9 Å². The minimum absolute atomic E-state index is 0.00956. The van der Waals surface area contributed by atoms with Crippen LogP contribution >= 0.6 is 0 Å². The van der Waals surface area contributed by atoms with Crippen LogP contribution in [0.1, 0.15) is 12.1 Å². The lowest BCUT2D eigenvalue weighted by Gasteiger charge is -2.11. The summed E-state index contributed by atoms with van der Waals surface area (Å²) < 4.78 is 63.6. The van der Waals surface area contributed by atoms with Crippen molar-refractivity contribution in [2.45, 2.75) is 13.1 Å². The molecule has 13 heteroatoms. The van der Waals surface area contributed by atoms with Gasteiger partial charge in [-0.15, -0.1) is 0 Å². The summed E-state index contributed by atoms with van der Waals surface area (Å²) in [5, 5.41) is 3.69. The second kappa shape index (κ2) is 8.69. The number of hydrogen-bond acceptors (Lipinski definition) is 6. The van der Waals surface area contributed by atoms with Crippen LogP contribution in [0.15, 0.2) is 61.4 Å². The van der Waals surface area contributed by atoms with Gasteiger partial charge < -0.3 is 13.9 Å². The Balaban J connectivity index is 1.56. The monoisotopic (exact) mass is 508 g/mol. The standard InChI is InChI=1S/C24H16F4N8O/c1-37-23-20-18(30-12-31-23)2-3-34(20)17-7-19-21(29-9-17)33-22(14-8-32-36(11-14)24(27)28)35(19)10-13-4-15(25)6-16(26)5-13/h2-9,11-12,24H,10H2,1H3. The number of halogens is 4. The minimum atomic E-state index is -2.84. The summed E-state index contributed by atoms with van der Waals surface area (Å²) in [5.41, 5.74) is 3.28. The minimum Gasteiger partial charge on any atom is -0.479 e. The van der Waals surface area contributed by atoms with E-state index in [1.807, 2.05) is 0 Å². The molecule has 0 radical (unpaired) electrons. The third-order valence-electron chi connectivity index (χ3n) is 5.82. The summed E-state index contributed by atoms with van der Waals surface area (Å²) in [5.74, 6) is -0.860. The molecule has 5 heterocycles. The van der Waals surface area contributed by atoms with Crippen LogP contribution in [0.25, 0.3) is 39.3 Å². The molecule has 0 saturated heterocycles. The fraction of sp³-hybridized carbons (Fsp3) is 0.125. The number of hydrogen-bond donors (Lipinski definition) is 0. The van der Waals surface area contributed by atoms with E-state index in [2.05, 4.69) is 25.0 Å². The van der Waals surface area contributed by atoms with Crippen molar-refractivity contribution in [2.75, 3.05) is 7.11 Å². The predicted molar refractivity (Wildman–Crippen MR) is 124 cm³/mol. The largest absolute Gasteiger partial charge is 0.479 e. The SMILES string of the molecule is COc1ncnc2ccn(-c3cnc4nc(-c5cnn(C(F)F)c5)n(Cc5cc(F)cc(F)c5)c4c3)c12. The molecular formula is C24H16F4N8O. The van der Waals surface area contributed by atoms with Crippen LogP contribution in [0.3, 0.4) is 0 Å².